The fraction of sp³-hybridized carbons (Fsp3) is 0.857. The van der Waals surface area contributed by atoms with Gasteiger partial charge in [0, 0.05) is 13.2 Å². The van der Waals surface area contributed by atoms with Crippen molar-refractivity contribution in [2.45, 2.75) is 38.7 Å². The van der Waals surface area contributed by atoms with Gasteiger partial charge in [-0.1, -0.05) is 11.6 Å². The molecular formula is C14H27NO3. The van der Waals surface area contributed by atoms with Crippen molar-refractivity contribution in [3.63, 3.8) is 0 Å². The Balaban J connectivity index is 1.85. The Kier molecular flexibility index (Phi) is 9.12. The molecule has 18 heavy (non-hydrogen) atoms. The second-order valence-corrected chi connectivity index (χ2v) is 4.63. The fourth-order valence-corrected chi connectivity index (χ4v) is 2.02. The van der Waals surface area contributed by atoms with Crippen LogP contribution in [0.15, 0.2) is 11.6 Å². The van der Waals surface area contributed by atoms with Crippen LogP contribution in [-0.2, 0) is 9.47 Å². The molecule has 1 unspecified atom stereocenters. The number of aliphatic hydroxyl groups excluding tert-OH is 1. The summed E-state index contributed by atoms with van der Waals surface area (Å²) in [7, 11) is 0. The molecule has 0 aromatic carbocycles. The van der Waals surface area contributed by atoms with E-state index in [9.17, 15) is 5.11 Å². The van der Waals surface area contributed by atoms with Crippen LogP contribution in [0.4, 0.5) is 0 Å². The lowest BCUT2D eigenvalue weighted by molar-refractivity contribution is 0.00659. The quantitative estimate of drug-likeness (QED) is 0.435. The van der Waals surface area contributed by atoms with Crippen LogP contribution in [0.2, 0.25) is 0 Å². The number of hydrogen-bond donors (Lipinski definition) is 2. The third kappa shape index (κ3) is 7.82. The van der Waals surface area contributed by atoms with E-state index in [2.05, 4.69) is 11.4 Å². The molecule has 1 rings (SSSR count). The molecule has 0 saturated heterocycles. The first kappa shape index (κ1) is 15.6. The van der Waals surface area contributed by atoms with Crippen LogP contribution in [0, 0.1) is 0 Å². The number of nitrogens with one attached hydrogen (secondary N) is 1. The standard InChI is InChI=1S/C14H27NO3/c1-2-17-9-10-18-12-14(16)11-15-8-7-13-5-3-4-6-13/h5,14-16H,2-4,6-12H2,1H3. The fourth-order valence-electron chi connectivity index (χ4n) is 2.02. The van der Waals surface area contributed by atoms with E-state index in [0.29, 0.717) is 33.0 Å². The van der Waals surface area contributed by atoms with Gasteiger partial charge in [-0.3, -0.25) is 0 Å². The van der Waals surface area contributed by atoms with Gasteiger partial charge in [0.05, 0.1) is 25.9 Å². The summed E-state index contributed by atoms with van der Waals surface area (Å²) in [6.45, 7) is 5.75. The van der Waals surface area contributed by atoms with Gasteiger partial charge in [-0.15, -0.1) is 0 Å². The molecule has 0 amide bonds. The van der Waals surface area contributed by atoms with E-state index in [1.165, 1.54) is 19.3 Å². The van der Waals surface area contributed by atoms with E-state index in [1.54, 1.807) is 5.57 Å². The van der Waals surface area contributed by atoms with Gasteiger partial charge < -0.3 is 19.9 Å². The molecule has 106 valence electrons. The Hall–Kier alpha value is -0.420. The van der Waals surface area contributed by atoms with Crippen molar-refractivity contribution in [2.24, 2.45) is 0 Å². The molecule has 4 heteroatoms. The Bertz CT molecular complexity index is 231. The zero-order chi connectivity index (χ0) is 13.1. The molecule has 0 heterocycles. The van der Waals surface area contributed by atoms with Crippen LogP contribution in [0.1, 0.15) is 32.6 Å². The van der Waals surface area contributed by atoms with E-state index in [-0.39, 0.29) is 0 Å². The molecule has 0 bridgehead atoms. The first-order chi connectivity index (χ1) is 8.83. The van der Waals surface area contributed by atoms with Crippen LogP contribution in [0.5, 0.6) is 0 Å². The molecule has 0 spiro atoms. The average Bonchev–Trinajstić information content (AvgIpc) is 2.87. The van der Waals surface area contributed by atoms with Crippen molar-refractivity contribution in [3.8, 4) is 0 Å². The van der Waals surface area contributed by atoms with Gasteiger partial charge in [0.15, 0.2) is 0 Å². The first-order valence-electron chi connectivity index (χ1n) is 7.05. The zero-order valence-electron chi connectivity index (χ0n) is 11.5. The molecule has 0 fully saturated rings. The van der Waals surface area contributed by atoms with Gasteiger partial charge in [0.2, 0.25) is 0 Å². The lowest BCUT2D eigenvalue weighted by Gasteiger charge is -2.12. The van der Waals surface area contributed by atoms with Crippen LogP contribution in [0.3, 0.4) is 0 Å². The van der Waals surface area contributed by atoms with Gasteiger partial charge in [0.1, 0.15) is 0 Å². The number of hydrogen-bond acceptors (Lipinski definition) is 4. The van der Waals surface area contributed by atoms with E-state index >= 15 is 0 Å². The summed E-state index contributed by atoms with van der Waals surface area (Å²) in [4.78, 5) is 0. The summed E-state index contributed by atoms with van der Waals surface area (Å²) >= 11 is 0. The monoisotopic (exact) mass is 257 g/mol. The second-order valence-electron chi connectivity index (χ2n) is 4.63. The van der Waals surface area contributed by atoms with Crippen LogP contribution < -0.4 is 5.32 Å². The highest BCUT2D eigenvalue weighted by Gasteiger charge is 2.06. The Labute approximate surface area is 110 Å². The highest BCUT2D eigenvalue weighted by molar-refractivity contribution is 5.07. The van der Waals surface area contributed by atoms with Crippen molar-refractivity contribution >= 4 is 0 Å². The minimum absolute atomic E-state index is 0.378. The molecule has 0 radical (unpaired) electrons. The maximum absolute atomic E-state index is 9.65. The summed E-state index contributed by atoms with van der Waals surface area (Å²) in [6.07, 6.45) is 6.83. The topological polar surface area (TPSA) is 50.7 Å². The molecule has 1 atom stereocenters. The number of allylic oxidation sites excluding steroid dienone is 1. The number of rotatable bonds is 11. The molecule has 0 saturated carbocycles. The molecule has 0 aromatic rings. The molecule has 4 nitrogen and oxygen atoms in total. The Morgan fingerprint density at radius 2 is 2.22 bits per heavy atom. The normalized spacial score (nSPS) is 16.9. The van der Waals surface area contributed by atoms with Gasteiger partial charge in [-0.05, 0) is 39.2 Å². The van der Waals surface area contributed by atoms with E-state index in [1.807, 2.05) is 6.92 Å². The summed E-state index contributed by atoms with van der Waals surface area (Å²) in [6, 6.07) is 0. The molecule has 2 N–H and O–H groups in total. The van der Waals surface area contributed by atoms with E-state index in [0.717, 1.165) is 13.0 Å². The van der Waals surface area contributed by atoms with Crippen LogP contribution in [-0.4, -0.2) is 50.7 Å². The maximum Gasteiger partial charge on any atom is 0.0897 e. The third-order valence-corrected chi connectivity index (χ3v) is 3.02. The van der Waals surface area contributed by atoms with Crippen LogP contribution in [0.25, 0.3) is 0 Å². The Morgan fingerprint density at radius 1 is 1.39 bits per heavy atom. The number of aliphatic hydroxyl groups is 1. The highest BCUT2D eigenvalue weighted by atomic mass is 16.5. The maximum atomic E-state index is 9.65. The predicted octanol–water partition coefficient (Wildman–Crippen LogP) is 1.49. The third-order valence-electron chi connectivity index (χ3n) is 3.02. The number of ether oxygens (including phenoxy) is 2. The minimum atomic E-state index is -0.427. The smallest absolute Gasteiger partial charge is 0.0897 e. The minimum Gasteiger partial charge on any atom is -0.389 e. The van der Waals surface area contributed by atoms with E-state index < -0.39 is 6.10 Å². The lowest BCUT2D eigenvalue weighted by atomic mass is 10.2. The molecular weight excluding hydrogens is 230 g/mol. The largest absolute Gasteiger partial charge is 0.389 e. The lowest BCUT2D eigenvalue weighted by Crippen LogP contribution is -2.31. The molecule has 1 aliphatic carbocycles. The SMILES string of the molecule is CCOCCOCC(O)CNCCC1=CCCC1. The molecule has 0 aromatic heterocycles. The highest BCUT2D eigenvalue weighted by Crippen LogP contribution is 2.19. The van der Waals surface area contributed by atoms with Crippen molar-refractivity contribution in [3.05, 3.63) is 11.6 Å². The summed E-state index contributed by atoms with van der Waals surface area (Å²) in [5.74, 6) is 0. The van der Waals surface area contributed by atoms with Crippen molar-refractivity contribution in [2.75, 3.05) is 39.5 Å². The average molecular weight is 257 g/mol. The summed E-state index contributed by atoms with van der Waals surface area (Å²) in [5, 5.41) is 12.9. The van der Waals surface area contributed by atoms with Gasteiger partial charge in [0.25, 0.3) is 0 Å². The zero-order valence-corrected chi connectivity index (χ0v) is 11.5. The first-order valence-corrected chi connectivity index (χ1v) is 7.05. The van der Waals surface area contributed by atoms with Crippen LogP contribution >= 0.6 is 0 Å². The Morgan fingerprint density at radius 3 is 2.94 bits per heavy atom. The van der Waals surface area contributed by atoms with E-state index in [4.69, 9.17) is 9.47 Å². The molecule has 0 aliphatic heterocycles. The van der Waals surface area contributed by atoms with Gasteiger partial charge in [-0.25, -0.2) is 0 Å². The van der Waals surface area contributed by atoms with Crippen molar-refractivity contribution in [1.82, 2.24) is 5.32 Å². The van der Waals surface area contributed by atoms with Gasteiger partial charge >= 0.3 is 0 Å². The second kappa shape index (κ2) is 10.5. The van der Waals surface area contributed by atoms with Gasteiger partial charge in [-0.2, -0.15) is 0 Å². The predicted molar refractivity (Wildman–Crippen MR) is 72.7 cm³/mol. The van der Waals surface area contributed by atoms with Crippen molar-refractivity contribution in [1.29, 1.82) is 0 Å². The molecule has 1 aliphatic rings. The van der Waals surface area contributed by atoms with Crippen molar-refractivity contribution < 1.29 is 14.6 Å². The summed E-state index contributed by atoms with van der Waals surface area (Å²) < 4.78 is 10.4. The summed E-state index contributed by atoms with van der Waals surface area (Å²) in [5.41, 5.74) is 1.56.